The van der Waals surface area contributed by atoms with Crippen LogP contribution in [0.1, 0.15) is 17.8 Å². The molecular weight excluding hydrogens is 469 g/mol. The van der Waals surface area contributed by atoms with Crippen LogP contribution in [0.15, 0.2) is 47.3 Å². The number of nitrogens with two attached hydrogens (primary N) is 1. The number of benzene rings is 2. The summed E-state index contributed by atoms with van der Waals surface area (Å²) >= 11 is 12.4. The molecule has 2 heterocycles. The molecule has 2 aromatic carbocycles. The van der Waals surface area contributed by atoms with Crippen molar-refractivity contribution in [3.8, 4) is 5.69 Å². The predicted octanol–water partition coefficient (Wildman–Crippen LogP) is 4.48. The molecule has 2 fully saturated rings. The van der Waals surface area contributed by atoms with E-state index in [2.05, 4.69) is 4.98 Å². The van der Waals surface area contributed by atoms with Gasteiger partial charge in [-0.05, 0) is 61.1 Å². The van der Waals surface area contributed by atoms with Crippen molar-refractivity contribution in [2.24, 2.45) is 17.6 Å². The van der Waals surface area contributed by atoms with E-state index in [1.807, 2.05) is 4.90 Å². The van der Waals surface area contributed by atoms with Crippen LogP contribution in [-0.4, -0.2) is 29.2 Å². The fraction of sp³-hybridized carbons (Fsp3) is 0.333. The minimum atomic E-state index is -0.598. The van der Waals surface area contributed by atoms with Crippen LogP contribution in [0.5, 0.6) is 0 Å². The largest absolute Gasteiger partial charge is 0.356 e. The van der Waals surface area contributed by atoms with E-state index in [4.69, 9.17) is 28.9 Å². The van der Waals surface area contributed by atoms with Gasteiger partial charge in [0, 0.05) is 31.1 Å². The molecule has 5 nitrogen and oxygen atoms in total. The third-order valence-electron chi connectivity index (χ3n) is 7.16. The summed E-state index contributed by atoms with van der Waals surface area (Å²) < 4.78 is 29.9. The molecule has 3 aromatic rings. The van der Waals surface area contributed by atoms with Crippen molar-refractivity contribution >= 4 is 29.0 Å². The van der Waals surface area contributed by atoms with Gasteiger partial charge in [-0.25, -0.2) is 13.8 Å². The number of hydrogen-bond donors (Lipinski definition) is 1. The smallest absolute Gasteiger partial charge is 0.260 e. The fourth-order valence-corrected chi connectivity index (χ4v) is 5.93. The number of nitrogens with zero attached hydrogens (tertiary/aromatic N) is 3. The van der Waals surface area contributed by atoms with Gasteiger partial charge in [-0.15, -0.1) is 0 Å². The van der Waals surface area contributed by atoms with E-state index in [0.29, 0.717) is 41.0 Å². The Bertz CT molecular complexity index is 1310. The molecule has 2 N–H and O–H groups in total. The second-order valence-electron chi connectivity index (χ2n) is 8.72. The van der Waals surface area contributed by atoms with Crippen molar-refractivity contribution in [3.63, 3.8) is 0 Å². The van der Waals surface area contributed by atoms with E-state index < -0.39 is 17.0 Å². The molecule has 2 aliphatic rings. The summed E-state index contributed by atoms with van der Waals surface area (Å²) in [5.41, 5.74) is 6.06. The van der Waals surface area contributed by atoms with Crippen molar-refractivity contribution in [3.05, 3.63) is 85.9 Å². The lowest BCUT2D eigenvalue weighted by atomic mass is 9.90. The summed E-state index contributed by atoms with van der Waals surface area (Å²) in [7, 11) is 0. The Balaban J connectivity index is 1.46. The molecule has 0 bridgehead atoms. The van der Waals surface area contributed by atoms with Crippen LogP contribution in [0.4, 0.5) is 14.6 Å². The zero-order valence-electron chi connectivity index (χ0n) is 17.9. The lowest BCUT2D eigenvalue weighted by molar-refractivity contribution is 0.523. The molecular formula is C24H22Cl2F2N4O. The first-order valence-electron chi connectivity index (χ1n) is 10.7. The van der Waals surface area contributed by atoms with E-state index >= 15 is 0 Å². The van der Waals surface area contributed by atoms with Crippen molar-refractivity contribution < 1.29 is 8.78 Å². The Morgan fingerprint density at radius 2 is 1.97 bits per heavy atom. The fourth-order valence-electron chi connectivity index (χ4n) is 5.55. The maximum Gasteiger partial charge on any atom is 0.260 e. The first-order chi connectivity index (χ1) is 15.8. The molecule has 1 aliphatic carbocycles. The molecule has 5 rings (SSSR count). The van der Waals surface area contributed by atoms with Gasteiger partial charge < -0.3 is 10.6 Å². The third-order valence-corrected chi connectivity index (χ3v) is 7.97. The molecule has 0 unspecified atom stereocenters. The van der Waals surface area contributed by atoms with Crippen LogP contribution in [-0.2, 0) is 5.41 Å². The lowest BCUT2D eigenvalue weighted by Crippen LogP contribution is -2.35. The predicted molar refractivity (Wildman–Crippen MR) is 125 cm³/mol. The van der Waals surface area contributed by atoms with Crippen LogP contribution in [0.3, 0.4) is 0 Å². The molecule has 1 saturated heterocycles. The second kappa shape index (κ2) is 8.08. The van der Waals surface area contributed by atoms with E-state index in [1.165, 1.54) is 16.7 Å². The molecule has 0 spiro atoms. The van der Waals surface area contributed by atoms with Crippen molar-refractivity contribution in [2.75, 3.05) is 24.5 Å². The summed E-state index contributed by atoms with van der Waals surface area (Å²) in [6.45, 7) is 3.18. The summed E-state index contributed by atoms with van der Waals surface area (Å²) in [6, 6.07) is 10.1. The summed E-state index contributed by atoms with van der Waals surface area (Å²) in [5.74, 6) is 0.336. The third kappa shape index (κ3) is 3.45. The molecule has 1 saturated carbocycles. The molecule has 9 heteroatoms. The average molecular weight is 491 g/mol. The topological polar surface area (TPSA) is 64.2 Å². The number of hydrogen-bond acceptors (Lipinski definition) is 4. The van der Waals surface area contributed by atoms with Gasteiger partial charge in [0.05, 0.1) is 15.7 Å². The number of aryl methyl sites for hydroxylation is 1. The van der Waals surface area contributed by atoms with Crippen molar-refractivity contribution in [1.29, 1.82) is 0 Å². The van der Waals surface area contributed by atoms with Gasteiger partial charge >= 0.3 is 0 Å². The number of anilines is 1. The molecule has 0 radical (unpaired) electrons. The number of halogens is 4. The number of rotatable bonds is 4. The maximum absolute atomic E-state index is 14.6. The standard InChI is InChI=1S/C24H22Cl2F2N4O/c1-13-30-21(10-22(33)32(13)20-4-2-3-18(25)23(20)26)31-8-7-15-17(11-31)24(15,12-29)16-9-14(27)5-6-19(16)28/h2-6,9-10,15,17H,7-8,11-12,29H2,1H3/t15-,17+,24-/m1/s1. The van der Waals surface area contributed by atoms with Gasteiger partial charge in [0.1, 0.15) is 23.3 Å². The van der Waals surface area contributed by atoms with E-state index in [1.54, 1.807) is 25.1 Å². The van der Waals surface area contributed by atoms with Gasteiger partial charge in [-0.1, -0.05) is 29.3 Å². The molecule has 1 aromatic heterocycles. The van der Waals surface area contributed by atoms with Gasteiger partial charge in [0.2, 0.25) is 0 Å². The SMILES string of the molecule is Cc1nc(N2CC[C@@H]3[C@H](C2)[C@@]3(CN)c2cc(F)ccc2F)cc(=O)n1-c1cccc(Cl)c1Cl. The second-order valence-corrected chi connectivity index (χ2v) is 9.51. The van der Waals surface area contributed by atoms with Crippen LogP contribution >= 0.6 is 23.2 Å². The monoisotopic (exact) mass is 490 g/mol. The highest BCUT2D eigenvalue weighted by Gasteiger charge is 2.66. The maximum atomic E-state index is 14.6. The Morgan fingerprint density at radius 1 is 1.18 bits per heavy atom. The van der Waals surface area contributed by atoms with Crippen molar-refractivity contribution in [1.82, 2.24) is 9.55 Å². The summed E-state index contributed by atoms with van der Waals surface area (Å²) in [4.78, 5) is 19.7. The molecule has 1 aliphatic heterocycles. The van der Waals surface area contributed by atoms with Crippen LogP contribution in [0.2, 0.25) is 10.0 Å². The molecule has 3 atom stereocenters. The summed E-state index contributed by atoms with van der Waals surface area (Å²) in [6.07, 6.45) is 0.752. The zero-order chi connectivity index (χ0) is 23.5. The minimum Gasteiger partial charge on any atom is -0.356 e. The average Bonchev–Trinajstić information content (AvgIpc) is 3.45. The number of fused-ring (bicyclic) bond motifs is 1. The quantitative estimate of drug-likeness (QED) is 0.585. The highest BCUT2D eigenvalue weighted by Crippen LogP contribution is 2.63. The minimum absolute atomic E-state index is 0.0551. The van der Waals surface area contributed by atoms with Crippen LogP contribution in [0.25, 0.3) is 5.69 Å². The van der Waals surface area contributed by atoms with Gasteiger partial charge in [0.15, 0.2) is 0 Å². The Hall–Kier alpha value is -2.48. The highest BCUT2D eigenvalue weighted by molar-refractivity contribution is 6.43. The Morgan fingerprint density at radius 3 is 2.70 bits per heavy atom. The molecule has 172 valence electrons. The number of piperidine rings is 1. The van der Waals surface area contributed by atoms with Crippen LogP contribution in [0, 0.1) is 30.4 Å². The van der Waals surface area contributed by atoms with Gasteiger partial charge in [-0.2, -0.15) is 0 Å². The van der Waals surface area contributed by atoms with E-state index in [-0.39, 0.29) is 29.0 Å². The molecule has 0 amide bonds. The Kier molecular flexibility index (Phi) is 5.46. The van der Waals surface area contributed by atoms with Crippen LogP contribution < -0.4 is 16.2 Å². The van der Waals surface area contributed by atoms with Crippen molar-refractivity contribution in [2.45, 2.75) is 18.8 Å². The first kappa shape index (κ1) is 22.3. The van der Waals surface area contributed by atoms with Gasteiger partial charge in [-0.3, -0.25) is 9.36 Å². The first-order valence-corrected chi connectivity index (χ1v) is 11.5. The zero-order valence-corrected chi connectivity index (χ0v) is 19.4. The number of aromatic nitrogens is 2. The normalized spacial score (nSPS) is 24.0. The molecule has 33 heavy (non-hydrogen) atoms. The lowest BCUT2D eigenvalue weighted by Gasteiger charge is -2.28. The highest BCUT2D eigenvalue weighted by atomic mass is 35.5. The van der Waals surface area contributed by atoms with Gasteiger partial charge in [0.25, 0.3) is 5.56 Å². The summed E-state index contributed by atoms with van der Waals surface area (Å²) in [5, 5.41) is 0.630. The van der Waals surface area contributed by atoms with E-state index in [0.717, 1.165) is 18.6 Å². The Labute approximate surface area is 199 Å². The van der Waals surface area contributed by atoms with E-state index in [9.17, 15) is 13.6 Å².